The Morgan fingerprint density at radius 1 is 1.25 bits per heavy atom. The van der Waals surface area contributed by atoms with Gasteiger partial charge in [-0.3, -0.25) is 20.2 Å². The molecule has 0 amide bonds. The molecule has 1 aliphatic rings. The van der Waals surface area contributed by atoms with E-state index in [2.05, 4.69) is 18.7 Å². The molecule has 6 nitrogen and oxygen atoms in total. The van der Waals surface area contributed by atoms with Gasteiger partial charge in [0.15, 0.2) is 5.12 Å². The molecule has 7 heteroatoms. The standard InChI is InChI=1S/C21H31NO5S/c1-15(2)12-16(14-21(23)28-17-8-4-3-5-9-17)13-20(27-26)18-10-6-7-11-19(18)22(24)25/h6-7,10-11,15-17,20,26H,3-5,8-9,12-14H2,1-2H3/t16-,20?/m0/s1. The molecule has 1 fully saturated rings. The summed E-state index contributed by atoms with van der Waals surface area (Å²) >= 11 is 1.46. The first-order chi connectivity index (χ1) is 13.4. The van der Waals surface area contributed by atoms with Crippen molar-refractivity contribution in [3.05, 3.63) is 39.9 Å². The Hall–Kier alpha value is -1.44. The fourth-order valence-electron chi connectivity index (χ4n) is 4.04. The highest BCUT2D eigenvalue weighted by Crippen LogP contribution is 2.36. The van der Waals surface area contributed by atoms with Crippen LogP contribution in [0, 0.1) is 22.0 Å². The van der Waals surface area contributed by atoms with E-state index < -0.39 is 11.0 Å². The minimum atomic E-state index is -0.821. The number of thioether (sulfide) groups is 1. The molecule has 0 heterocycles. The van der Waals surface area contributed by atoms with Gasteiger partial charge in [0, 0.05) is 17.7 Å². The smallest absolute Gasteiger partial charge is 0.275 e. The molecule has 0 radical (unpaired) electrons. The molecule has 2 atom stereocenters. The van der Waals surface area contributed by atoms with Crippen molar-refractivity contribution < 1.29 is 19.9 Å². The quantitative estimate of drug-likeness (QED) is 0.283. The Bertz CT molecular complexity index is 645. The number of para-hydroxylation sites is 1. The van der Waals surface area contributed by atoms with Crippen LogP contribution in [0.5, 0.6) is 0 Å². The summed E-state index contributed by atoms with van der Waals surface area (Å²) in [6.07, 6.45) is 6.60. The molecule has 28 heavy (non-hydrogen) atoms. The molecule has 1 aromatic rings. The van der Waals surface area contributed by atoms with Crippen molar-refractivity contribution in [2.24, 2.45) is 11.8 Å². The molecule has 0 aromatic heterocycles. The van der Waals surface area contributed by atoms with Gasteiger partial charge in [-0.15, -0.1) is 0 Å². The fourth-order valence-corrected chi connectivity index (χ4v) is 5.31. The Labute approximate surface area is 171 Å². The highest BCUT2D eigenvalue weighted by atomic mass is 32.2. The summed E-state index contributed by atoms with van der Waals surface area (Å²) in [6, 6.07) is 6.29. The number of hydrogen-bond donors (Lipinski definition) is 1. The maximum atomic E-state index is 12.6. The van der Waals surface area contributed by atoms with E-state index in [-0.39, 0.29) is 16.7 Å². The molecule has 1 aliphatic carbocycles. The number of hydrogen-bond acceptors (Lipinski definition) is 6. The van der Waals surface area contributed by atoms with Gasteiger partial charge in [-0.25, -0.2) is 4.89 Å². The number of nitrogens with zero attached hydrogens (tertiary/aromatic N) is 1. The van der Waals surface area contributed by atoms with Crippen LogP contribution in [0.3, 0.4) is 0 Å². The highest BCUT2D eigenvalue weighted by Gasteiger charge is 2.28. The lowest BCUT2D eigenvalue weighted by Crippen LogP contribution is -2.17. The van der Waals surface area contributed by atoms with E-state index in [0.717, 1.165) is 19.3 Å². The lowest BCUT2D eigenvalue weighted by molar-refractivity contribution is -0.387. The minimum absolute atomic E-state index is 0.000510. The van der Waals surface area contributed by atoms with Crippen molar-refractivity contribution in [3.63, 3.8) is 0 Å². The first kappa shape index (κ1) is 22.8. The average molecular weight is 410 g/mol. The van der Waals surface area contributed by atoms with Crippen LogP contribution in [0.4, 0.5) is 5.69 Å². The normalized spacial score (nSPS) is 17.4. The minimum Gasteiger partial charge on any atom is -0.287 e. The van der Waals surface area contributed by atoms with E-state index >= 15 is 0 Å². The van der Waals surface area contributed by atoms with Gasteiger partial charge in [-0.2, -0.15) is 0 Å². The van der Waals surface area contributed by atoms with Gasteiger partial charge in [-0.05, 0) is 43.6 Å². The topological polar surface area (TPSA) is 89.7 Å². The largest absolute Gasteiger partial charge is 0.287 e. The zero-order valence-corrected chi connectivity index (χ0v) is 17.5. The third-order valence-corrected chi connectivity index (χ3v) is 6.50. The number of benzene rings is 1. The van der Waals surface area contributed by atoms with E-state index in [0.29, 0.717) is 29.6 Å². The predicted octanol–water partition coefficient (Wildman–Crippen LogP) is 6.16. The Morgan fingerprint density at radius 2 is 1.93 bits per heavy atom. The van der Waals surface area contributed by atoms with E-state index in [1.165, 1.54) is 37.1 Å². The second-order valence-electron chi connectivity index (χ2n) is 8.10. The molecule has 1 aromatic carbocycles. The van der Waals surface area contributed by atoms with Crippen LogP contribution in [-0.2, 0) is 9.68 Å². The van der Waals surface area contributed by atoms with Gasteiger partial charge in [0.25, 0.3) is 5.69 Å². The van der Waals surface area contributed by atoms with Crippen LogP contribution in [0.2, 0.25) is 0 Å². The van der Waals surface area contributed by atoms with E-state index in [1.54, 1.807) is 18.2 Å². The van der Waals surface area contributed by atoms with Crippen molar-refractivity contribution in [2.45, 2.75) is 76.6 Å². The monoisotopic (exact) mass is 409 g/mol. The van der Waals surface area contributed by atoms with E-state index in [1.807, 2.05) is 0 Å². The zero-order valence-electron chi connectivity index (χ0n) is 16.7. The Morgan fingerprint density at radius 3 is 2.54 bits per heavy atom. The number of carbonyl (C=O) groups excluding carboxylic acids is 1. The van der Waals surface area contributed by atoms with Gasteiger partial charge in [0.05, 0.1) is 10.5 Å². The molecule has 1 unspecified atom stereocenters. The number of carbonyl (C=O) groups is 1. The summed E-state index contributed by atoms with van der Waals surface area (Å²) in [5, 5.41) is 21.4. The molecule has 0 aliphatic heterocycles. The number of nitro benzene ring substituents is 1. The SMILES string of the molecule is CC(C)C[C@H](CC(=O)SC1CCCCC1)CC(OO)c1ccccc1[N+](=O)[O-]. The average Bonchev–Trinajstić information content (AvgIpc) is 2.66. The molecule has 0 saturated heterocycles. The van der Waals surface area contributed by atoms with Crippen molar-refractivity contribution in [3.8, 4) is 0 Å². The van der Waals surface area contributed by atoms with Gasteiger partial charge in [0.2, 0.25) is 0 Å². The van der Waals surface area contributed by atoms with Crippen LogP contribution in [0.15, 0.2) is 24.3 Å². The van der Waals surface area contributed by atoms with Crippen molar-refractivity contribution in [1.82, 2.24) is 0 Å². The number of rotatable bonds is 10. The van der Waals surface area contributed by atoms with Crippen LogP contribution < -0.4 is 0 Å². The Kier molecular flexibility index (Phi) is 9.41. The summed E-state index contributed by atoms with van der Waals surface area (Å²) in [5.41, 5.74) is 0.267. The molecule has 0 spiro atoms. The van der Waals surface area contributed by atoms with Crippen LogP contribution in [0.25, 0.3) is 0 Å². The first-order valence-electron chi connectivity index (χ1n) is 10.1. The summed E-state index contributed by atoms with van der Waals surface area (Å²) in [6.45, 7) is 4.18. The third-order valence-electron chi connectivity index (χ3n) is 5.27. The maximum Gasteiger partial charge on any atom is 0.275 e. The van der Waals surface area contributed by atoms with Gasteiger partial charge in [0.1, 0.15) is 6.10 Å². The molecule has 0 bridgehead atoms. The lowest BCUT2D eigenvalue weighted by Gasteiger charge is -2.24. The molecule has 1 saturated carbocycles. The third kappa shape index (κ3) is 7.18. The summed E-state index contributed by atoms with van der Waals surface area (Å²) in [5.74, 6) is 0.378. The fraction of sp³-hybridized carbons (Fsp3) is 0.667. The van der Waals surface area contributed by atoms with Crippen molar-refractivity contribution in [2.75, 3.05) is 0 Å². The van der Waals surface area contributed by atoms with E-state index in [4.69, 9.17) is 0 Å². The van der Waals surface area contributed by atoms with E-state index in [9.17, 15) is 20.2 Å². The summed E-state index contributed by atoms with van der Waals surface area (Å²) in [4.78, 5) is 28.1. The van der Waals surface area contributed by atoms with Crippen LogP contribution in [-0.4, -0.2) is 20.5 Å². The molecule has 156 valence electrons. The first-order valence-corrected chi connectivity index (χ1v) is 11.0. The Balaban J connectivity index is 2.06. The second-order valence-corrected chi connectivity index (χ2v) is 9.45. The second kappa shape index (κ2) is 11.5. The molecule has 2 rings (SSSR count). The predicted molar refractivity (Wildman–Crippen MR) is 111 cm³/mol. The number of nitro groups is 1. The lowest BCUT2D eigenvalue weighted by atomic mass is 9.87. The van der Waals surface area contributed by atoms with Crippen LogP contribution >= 0.6 is 11.8 Å². The van der Waals surface area contributed by atoms with Crippen molar-refractivity contribution >= 4 is 22.6 Å². The summed E-state index contributed by atoms with van der Waals surface area (Å²) < 4.78 is 0. The maximum absolute atomic E-state index is 12.6. The highest BCUT2D eigenvalue weighted by molar-refractivity contribution is 8.14. The molecule has 1 N–H and O–H groups in total. The molecular formula is C21H31NO5S. The van der Waals surface area contributed by atoms with Gasteiger partial charge < -0.3 is 0 Å². The van der Waals surface area contributed by atoms with Crippen LogP contribution in [0.1, 0.15) is 76.9 Å². The van der Waals surface area contributed by atoms with Gasteiger partial charge in [-0.1, -0.05) is 57.0 Å². The van der Waals surface area contributed by atoms with Gasteiger partial charge >= 0.3 is 0 Å². The molecular weight excluding hydrogens is 378 g/mol. The zero-order chi connectivity index (χ0) is 20.5. The summed E-state index contributed by atoms with van der Waals surface area (Å²) in [7, 11) is 0. The van der Waals surface area contributed by atoms with Crippen molar-refractivity contribution in [1.29, 1.82) is 0 Å².